The topological polar surface area (TPSA) is 154 Å². The lowest BCUT2D eigenvalue weighted by Crippen LogP contribution is -2.32. The molecule has 0 spiro atoms. The first-order valence-corrected chi connectivity index (χ1v) is 19.5. The highest BCUT2D eigenvalue weighted by Crippen LogP contribution is 2.44. The highest BCUT2D eigenvalue weighted by molar-refractivity contribution is 7.86. The van der Waals surface area contributed by atoms with Gasteiger partial charge in [-0.1, -0.05) is 49.8 Å². The van der Waals surface area contributed by atoms with Gasteiger partial charge in [0.25, 0.3) is 26.7 Å². The summed E-state index contributed by atoms with van der Waals surface area (Å²) in [6.45, 7) is 10.3. The van der Waals surface area contributed by atoms with E-state index >= 15 is 0 Å². The fourth-order valence-corrected chi connectivity index (χ4v) is 7.63. The van der Waals surface area contributed by atoms with Gasteiger partial charge in [0.1, 0.15) is 6.54 Å². The van der Waals surface area contributed by atoms with Crippen LogP contribution >= 0.6 is 0 Å². The van der Waals surface area contributed by atoms with Crippen molar-refractivity contribution in [2.75, 3.05) is 31.2 Å². The number of hydrogen-bond acceptors (Lipinski definition) is 8. The molecule has 0 bridgehead atoms. The first-order valence-electron chi connectivity index (χ1n) is 16.2. The Morgan fingerprint density at radius 2 is 1.62 bits per heavy atom. The van der Waals surface area contributed by atoms with E-state index in [0.717, 1.165) is 67.0 Å². The van der Waals surface area contributed by atoms with Crippen molar-refractivity contribution in [3.63, 3.8) is 0 Å². The van der Waals surface area contributed by atoms with Gasteiger partial charge in [-0.2, -0.15) is 26.5 Å². The summed E-state index contributed by atoms with van der Waals surface area (Å²) < 4.78 is 71.4. The van der Waals surface area contributed by atoms with Crippen molar-refractivity contribution in [3.8, 4) is 0 Å². The molecule has 47 heavy (non-hydrogen) atoms. The Labute approximate surface area is 280 Å². The van der Waals surface area contributed by atoms with Gasteiger partial charge < -0.3 is 4.74 Å². The molecule has 2 N–H and O–H groups in total. The third kappa shape index (κ3) is 10.4. The van der Waals surface area contributed by atoms with Crippen LogP contribution in [0.1, 0.15) is 84.6 Å². The molecule has 0 radical (unpaired) electrons. The molecule has 11 nitrogen and oxygen atoms in total. The van der Waals surface area contributed by atoms with E-state index in [9.17, 15) is 30.7 Å². The fourth-order valence-electron chi connectivity index (χ4n) is 6.63. The normalized spacial score (nSPS) is 22.6. The predicted octanol–water partition coefficient (Wildman–Crippen LogP) is 5.83. The summed E-state index contributed by atoms with van der Waals surface area (Å²) in [5.41, 5.74) is 4.30. The third-order valence-electron chi connectivity index (χ3n) is 9.10. The van der Waals surface area contributed by atoms with Gasteiger partial charge >= 0.3 is 0 Å². The Balaban J connectivity index is 1.93. The fraction of sp³-hybridized carbons (Fsp3) is 0.559. The van der Waals surface area contributed by atoms with Crippen LogP contribution in [0.15, 0.2) is 65.4 Å². The monoisotopic (exact) mass is 692 g/mol. The zero-order chi connectivity index (χ0) is 34.7. The van der Waals surface area contributed by atoms with Crippen LogP contribution in [0.3, 0.4) is 0 Å². The molecule has 3 rings (SSSR count). The Hall–Kier alpha value is -3.13. The van der Waals surface area contributed by atoms with Crippen LogP contribution in [0.2, 0.25) is 0 Å². The van der Waals surface area contributed by atoms with Gasteiger partial charge in [-0.25, -0.2) is 0 Å². The lowest BCUT2D eigenvalue weighted by Gasteiger charge is -2.28. The largest absolute Gasteiger partial charge is 0.468 e. The second-order valence-corrected chi connectivity index (χ2v) is 15.8. The zero-order valence-electron chi connectivity index (χ0n) is 28.0. The number of para-hydroxylation sites is 1. The van der Waals surface area contributed by atoms with E-state index in [-0.39, 0.29) is 23.3 Å². The maximum absolute atomic E-state index is 11.6. The lowest BCUT2D eigenvalue weighted by atomic mass is 9.76. The number of fused-ring (bicyclic) bond motifs is 1. The maximum atomic E-state index is 11.6. The van der Waals surface area contributed by atoms with E-state index in [4.69, 9.17) is 9.84 Å². The smallest absolute Gasteiger partial charge is 0.293 e. The summed E-state index contributed by atoms with van der Waals surface area (Å²) in [6, 6.07) is 8.11. The number of unbranched alkanes of at least 4 members (excludes halogenated alkanes) is 2. The number of allylic oxidation sites excluding steroid dienone is 6. The summed E-state index contributed by atoms with van der Waals surface area (Å²) in [6.07, 6.45) is 15.3. The highest BCUT2D eigenvalue weighted by atomic mass is 32.2. The first-order chi connectivity index (χ1) is 22.2. The number of carbonyl (C=O) groups excluding carboxylic acids is 1. The van der Waals surface area contributed by atoms with Gasteiger partial charge in [-0.3, -0.25) is 18.9 Å². The molecule has 0 saturated carbocycles. The minimum absolute atomic E-state index is 0.244. The van der Waals surface area contributed by atoms with Crippen molar-refractivity contribution in [1.29, 1.82) is 0 Å². The number of benzene rings is 1. The standard InChI is InChI=1S/C34H49N3O8S2/c1-5-20-33(3)28(2)35-37(23-15-26-47(42,43)44)32(33)19-9-6-8-18-31-34(4,21-14-25-46(39,40)41)29-16-10-11-17-30(29)36(31)22-12-7-13-24-45-27-38/h6,8-11,16-19,27H,5,7,12-15,20-26H2,1-4H3,(H-,39,40,41,42,43,44)/p+1. The highest BCUT2D eigenvalue weighted by Gasteiger charge is 2.47. The van der Waals surface area contributed by atoms with Gasteiger partial charge in [0.2, 0.25) is 5.69 Å². The Morgan fingerprint density at radius 3 is 2.30 bits per heavy atom. The third-order valence-corrected chi connectivity index (χ3v) is 10.7. The van der Waals surface area contributed by atoms with Gasteiger partial charge in [-0.05, 0) is 65.4 Å². The average molecular weight is 693 g/mol. The van der Waals surface area contributed by atoms with Crippen molar-refractivity contribution in [2.45, 2.75) is 84.5 Å². The second-order valence-electron chi connectivity index (χ2n) is 12.6. The molecule has 0 aliphatic carbocycles. The van der Waals surface area contributed by atoms with Crippen LogP contribution in [0, 0.1) is 5.41 Å². The van der Waals surface area contributed by atoms with E-state index in [0.29, 0.717) is 32.5 Å². The van der Waals surface area contributed by atoms with Crippen LogP contribution in [0.4, 0.5) is 5.69 Å². The SMILES string of the molecule is CCCC1(C)C(C)=NN(CCCS(=O)(=O)O)\C1=C/C=C/C=C/C1=[N+](CCCCCOC=O)c2ccccc2C1(C)CCCS(=O)(=O)O. The van der Waals surface area contributed by atoms with Gasteiger partial charge in [0, 0.05) is 47.5 Å². The second kappa shape index (κ2) is 16.8. The molecule has 13 heteroatoms. The average Bonchev–Trinajstić information content (AvgIpc) is 3.35. The molecule has 0 saturated heterocycles. The Bertz CT molecular complexity index is 1630. The number of carbonyl (C=O) groups is 1. The Morgan fingerprint density at radius 1 is 0.915 bits per heavy atom. The number of ether oxygens (including phenoxy) is 1. The van der Waals surface area contributed by atoms with E-state index in [1.54, 1.807) is 0 Å². The summed E-state index contributed by atoms with van der Waals surface area (Å²) in [5, 5.41) is 6.56. The molecular formula is C34H50N3O8S2+. The van der Waals surface area contributed by atoms with Crippen LogP contribution < -0.4 is 0 Å². The first kappa shape index (κ1) is 38.3. The van der Waals surface area contributed by atoms with E-state index in [2.05, 4.69) is 43.6 Å². The van der Waals surface area contributed by atoms with Crippen molar-refractivity contribution >= 4 is 43.8 Å². The minimum atomic E-state index is -4.10. The van der Waals surface area contributed by atoms with Crippen LogP contribution in [0.5, 0.6) is 0 Å². The van der Waals surface area contributed by atoms with Crippen molar-refractivity contribution in [1.82, 2.24) is 5.01 Å². The van der Waals surface area contributed by atoms with Gasteiger partial charge in [0.05, 0.1) is 23.5 Å². The number of rotatable bonds is 20. The molecule has 1 aromatic carbocycles. The van der Waals surface area contributed by atoms with E-state index in [1.807, 2.05) is 48.4 Å². The molecule has 0 amide bonds. The van der Waals surface area contributed by atoms with Crippen LogP contribution in [0.25, 0.3) is 0 Å². The van der Waals surface area contributed by atoms with Crippen molar-refractivity contribution in [3.05, 3.63) is 65.9 Å². The van der Waals surface area contributed by atoms with Gasteiger partial charge in [-0.15, -0.1) is 0 Å². The molecule has 2 atom stereocenters. The summed E-state index contributed by atoms with van der Waals surface area (Å²) in [7, 11) is -8.16. The van der Waals surface area contributed by atoms with Gasteiger partial charge in [0.15, 0.2) is 5.71 Å². The molecule has 0 fully saturated rings. The van der Waals surface area contributed by atoms with Crippen LogP contribution in [-0.2, 0) is 35.2 Å². The summed E-state index contributed by atoms with van der Waals surface area (Å²) in [4.78, 5) is 10.5. The molecule has 2 heterocycles. The van der Waals surface area contributed by atoms with Crippen molar-refractivity contribution < 1.29 is 40.0 Å². The van der Waals surface area contributed by atoms with E-state index in [1.165, 1.54) is 0 Å². The molecule has 2 aliphatic rings. The summed E-state index contributed by atoms with van der Waals surface area (Å²) >= 11 is 0. The molecule has 260 valence electrons. The quantitative estimate of drug-likeness (QED) is 0.0565. The number of hydrazone groups is 1. The molecule has 2 unspecified atom stereocenters. The van der Waals surface area contributed by atoms with Crippen molar-refractivity contribution in [2.24, 2.45) is 10.5 Å². The predicted molar refractivity (Wildman–Crippen MR) is 185 cm³/mol. The number of nitrogens with zero attached hydrogens (tertiary/aromatic N) is 3. The molecule has 2 aliphatic heterocycles. The molecule has 0 aromatic heterocycles. The van der Waals surface area contributed by atoms with Crippen LogP contribution in [-0.4, -0.2) is 84.6 Å². The zero-order valence-corrected chi connectivity index (χ0v) is 29.6. The minimum Gasteiger partial charge on any atom is -0.468 e. The molecule has 1 aromatic rings. The number of hydrogen-bond donors (Lipinski definition) is 2. The molecular weight excluding hydrogens is 643 g/mol. The maximum Gasteiger partial charge on any atom is 0.293 e. The van der Waals surface area contributed by atoms with E-state index < -0.39 is 25.7 Å². The Kier molecular flexibility index (Phi) is 13.7. The lowest BCUT2D eigenvalue weighted by molar-refractivity contribution is -0.438. The summed E-state index contributed by atoms with van der Waals surface area (Å²) in [5.74, 6) is -0.647.